The lowest BCUT2D eigenvalue weighted by molar-refractivity contribution is -0.146. The Hall–Kier alpha value is -2.86. The molecule has 3 aliphatic rings. The molecule has 0 spiro atoms. The van der Waals surface area contributed by atoms with Crippen molar-refractivity contribution < 1.29 is 23.7 Å². The number of carbonyl (C=O) groups is 1. The topological polar surface area (TPSA) is 66.9 Å². The maximum atomic E-state index is 11.7. The first-order valence-electron chi connectivity index (χ1n) is 11.0. The molecule has 1 fully saturated rings. The summed E-state index contributed by atoms with van der Waals surface area (Å²) < 4.78 is 23.5. The number of fused-ring (bicyclic) bond motifs is 1. The van der Waals surface area contributed by atoms with Crippen LogP contribution in [0.15, 0.2) is 42.6 Å². The summed E-state index contributed by atoms with van der Waals surface area (Å²) in [5.41, 5.74) is 4.01. The van der Waals surface area contributed by atoms with Crippen LogP contribution in [0.3, 0.4) is 0 Å². The Morgan fingerprint density at radius 3 is 2.77 bits per heavy atom. The first-order chi connectivity index (χ1) is 15.1. The van der Waals surface area contributed by atoms with Gasteiger partial charge in [0.15, 0.2) is 11.5 Å². The van der Waals surface area contributed by atoms with Crippen LogP contribution >= 0.6 is 0 Å². The largest absolute Gasteiger partial charge is 0.466 e. The van der Waals surface area contributed by atoms with E-state index in [2.05, 4.69) is 17.1 Å². The maximum absolute atomic E-state index is 11.7. The number of carbonyl (C=O) groups excluding carboxylic acids is 1. The quantitative estimate of drug-likeness (QED) is 0.629. The Kier molecular flexibility index (Phi) is 5.18. The van der Waals surface area contributed by atoms with Crippen LogP contribution in [-0.4, -0.2) is 30.3 Å². The van der Waals surface area contributed by atoms with Crippen LogP contribution in [0.2, 0.25) is 0 Å². The molecule has 31 heavy (non-hydrogen) atoms. The minimum absolute atomic E-state index is 0.156. The van der Waals surface area contributed by atoms with Crippen LogP contribution in [0.4, 0.5) is 0 Å². The van der Waals surface area contributed by atoms with E-state index in [4.69, 9.17) is 18.9 Å². The zero-order chi connectivity index (χ0) is 21.4. The van der Waals surface area contributed by atoms with Crippen molar-refractivity contribution in [3.05, 3.63) is 59.4 Å². The molecular formula is C25H27NO5. The molecule has 2 aliphatic heterocycles. The molecule has 0 N–H and O–H groups in total. The number of nitrogens with zero attached hydrogens (tertiary/aromatic N) is 1. The van der Waals surface area contributed by atoms with Gasteiger partial charge < -0.3 is 18.9 Å². The van der Waals surface area contributed by atoms with Crippen molar-refractivity contribution in [2.75, 3.05) is 13.2 Å². The molecule has 2 aromatic rings. The summed E-state index contributed by atoms with van der Waals surface area (Å²) in [6.45, 7) is 4.50. The molecule has 0 amide bonds. The molecule has 162 valence electrons. The highest BCUT2D eigenvalue weighted by molar-refractivity contribution is 5.75. The molecule has 3 heterocycles. The van der Waals surface area contributed by atoms with Gasteiger partial charge in [-0.2, -0.15) is 0 Å². The average molecular weight is 421 g/mol. The van der Waals surface area contributed by atoms with E-state index in [1.54, 1.807) is 6.92 Å². The smallest absolute Gasteiger partial charge is 0.308 e. The second-order valence-corrected chi connectivity index (χ2v) is 8.44. The first-order valence-corrected chi connectivity index (χ1v) is 11.0. The van der Waals surface area contributed by atoms with Crippen LogP contribution in [0.1, 0.15) is 62.3 Å². The van der Waals surface area contributed by atoms with Gasteiger partial charge in [-0.3, -0.25) is 9.78 Å². The van der Waals surface area contributed by atoms with Gasteiger partial charge in [-0.25, -0.2) is 0 Å². The Morgan fingerprint density at radius 1 is 1.23 bits per heavy atom. The Morgan fingerprint density at radius 2 is 2.10 bits per heavy atom. The zero-order valence-corrected chi connectivity index (χ0v) is 17.9. The van der Waals surface area contributed by atoms with Gasteiger partial charge in [0.25, 0.3) is 5.79 Å². The summed E-state index contributed by atoms with van der Waals surface area (Å²) in [7, 11) is 0. The van der Waals surface area contributed by atoms with Gasteiger partial charge in [0.05, 0.1) is 25.7 Å². The van der Waals surface area contributed by atoms with E-state index in [0.29, 0.717) is 37.1 Å². The molecule has 6 heteroatoms. The third-order valence-electron chi connectivity index (χ3n) is 6.03. The molecule has 1 aromatic carbocycles. The molecule has 1 aliphatic carbocycles. The standard InChI is InChI=1S/C25H27NO5/c1-3-28-23(27)13-19-11-9-18(15-29-19)20-5-4-6-21-24(20)31-25(2,30-21)22-12-10-17(14-26-22)16-7-8-16/h4-6,9-10,12,14,16,19H,3,7-8,11,13,15H2,1-2H3/t19?,25-/m1/s1. The summed E-state index contributed by atoms with van der Waals surface area (Å²) in [5.74, 6) is 0.870. The molecule has 0 radical (unpaired) electrons. The predicted octanol–water partition coefficient (Wildman–Crippen LogP) is 4.73. The van der Waals surface area contributed by atoms with Gasteiger partial charge in [-0.15, -0.1) is 0 Å². The van der Waals surface area contributed by atoms with Crippen molar-refractivity contribution in [2.24, 2.45) is 0 Å². The SMILES string of the molecule is CCOC(=O)CC1CC=C(c2cccc3c2O[C@](C)(c2ccc(C4CC4)cn2)O3)CO1. The fraction of sp³-hybridized carbons (Fsp3) is 0.440. The molecule has 1 saturated carbocycles. The van der Waals surface area contributed by atoms with E-state index in [1.165, 1.54) is 18.4 Å². The van der Waals surface area contributed by atoms with Crippen molar-refractivity contribution in [3.8, 4) is 11.5 Å². The van der Waals surface area contributed by atoms with Gasteiger partial charge in [0, 0.05) is 18.7 Å². The van der Waals surface area contributed by atoms with Crippen molar-refractivity contribution >= 4 is 11.5 Å². The van der Waals surface area contributed by atoms with Crippen LogP contribution in [0.25, 0.3) is 5.57 Å². The van der Waals surface area contributed by atoms with Crippen LogP contribution in [-0.2, 0) is 20.1 Å². The molecule has 0 saturated heterocycles. The fourth-order valence-corrected chi connectivity index (χ4v) is 4.16. The van der Waals surface area contributed by atoms with Gasteiger partial charge in [0.2, 0.25) is 0 Å². The Labute approximate surface area is 182 Å². The van der Waals surface area contributed by atoms with Crippen molar-refractivity contribution in [1.29, 1.82) is 0 Å². The highest BCUT2D eigenvalue weighted by Gasteiger charge is 2.42. The highest BCUT2D eigenvalue weighted by atomic mass is 16.7. The number of aromatic nitrogens is 1. The van der Waals surface area contributed by atoms with Crippen LogP contribution < -0.4 is 9.47 Å². The van der Waals surface area contributed by atoms with Gasteiger partial charge in [0.1, 0.15) is 5.69 Å². The van der Waals surface area contributed by atoms with E-state index in [1.807, 2.05) is 37.4 Å². The number of ether oxygens (including phenoxy) is 4. The van der Waals surface area contributed by atoms with Gasteiger partial charge in [-0.1, -0.05) is 24.3 Å². The predicted molar refractivity (Wildman–Crippen MR) is 115 cm³/mol. The fourth-order valence-electron chi connectivity index (χ4n) is 4.16. The second kappa shape index (κ2) is 8.00. The van der Waals surface area contributed by atoms with Gasteiger partial charge >= 0.3 is 5.97 Å². The molecule has 1 aromatic heterocycles. The highest BCUT2D eigenvalue weighted by Crippen LogP contribution is 2.48. The third kappa shape index (κ3) is 4.04. The lowest BCUT2D eigenvalue weighted by Crippen LogP contribution is -2.32. The summed E-state index contributed by atoms with van der Waals surface area (Å²) in [4.78, 5) is 16.4. The van der Waals surface area contributed by atoms with Crippen molar-refractivity contribution in [3.63, 3.8) is 0 Å². The first kappa shape index (κ1) is 20.1. The Balaban J connectivity index is 1.33. The number of pyridine rings is 1. The van der Waals surface area contributed by atoms with E-state index < -0.39 is 5.79 Å². The third-order valence-corrected chi connectivity index (χ3v) is 6.03. The summed E-state index contributed by atoms with van der Waals surface area (Å²) in [6.07, 6.45) is 7.32. The second-order valence-electron chi connectivity index (χ2n) is 8.44. The molecule has 1 unspecified atom stereocenters. The van der Waals surface area contributed by atoms with Crippen LogP contribution in [0, 0.1) is 0 Å². The lowest BCUT2D eigenvalue weighted by atomic mass is 9.99. The van der Waals surface area contributed by atoms with E-state index in [9.17, 15) is 4.79 Å². The number of para-hydroxylation sites is 1. The van der Waals surface area contributed by atoms with Crippen LogP contribution in [0.5, 0.6) is 11.5 Å². The summed E-state index contributed by atoms with van der Waals surface area (Å²) in [6, 6.07) is 10.0. The summed E-state index contributed by atoms with van der Waals surface area (Å²) in [5, 5.41) is 0. The zero-order valence-electron chi connectivity index (χ0n) is 17.9. The molecule has 6 nitrogen and oxygen atoms in total. The number of benzene rings is 1. The monoisotopic (exact) mass is 421 g/mol. The number of esters is 1. The summed E-state index contributed by atoms with van der Waals surface area (Å²) >= 11 is 0. The molecule has 2 atom stereocenters. The lowest BCUT2D eigenvalue weighted by Gasteiger charge is -2.24. The molecular weight excluding hydrogens is 394 g/mol. The number of rotatable bonds is 6. The number of hydrogen-bond donors (Lipinski definition) is 0. The normalized spacial score (nSPS) is 24.6. The van der Waals surface area contributed by atoms with E-state index >= 15 is 0 Å². The minimum atomic E-state index is -0.969. The van der Waals surface area contributed by atoms with Crippen molar-refractivity contribution in [1.82, 2.24) is 4.98 Å². The van der Waals surface area contributed by atoms with E-state index in [0.717, 1.165) is 16.8 Å². The number of hydrogen-bond acceptors (Lipinski definition) is 6. The molecule has 0 bridgehead atoms. The van der Waals surface area contributed by atoms with Crippen molar-refractivity contribution in [2.45, 2.75) is 57.3 Å². The van der Waals surface area contributed by atoms with Gasteiger partial charge in [-0.05, 0) is 55.4 Å². The minimum Gasteiger partial charge on any atom is -0.466 e. The van der Waals surface area contributed by atoms with E-state index in [-0.39, 0.29) is 18.5 Å². The Bertz CT molecular complexity index is 1010. The average Bonchev–Trinajstić information content (AvgIpc) is 3.56. The molecule has 5 rings (SSSR count). The maximum Gasteiger partial charge on any atom is 0.308 e.